The summed E-state index contributed by atoms with van der Waals surface area (Å²) in [5.41, 5.74) is -1.61. The fourth-order valence-electron chi connectivity index (χ4n) is 2.24. The van der Waals surface area contributed by atoms with Crippen molar-refractivity contribution in [3.8, 4) is 0 Å². The third-order valence-electron chi connectivity index (χ3n) is 3.94. The molecule has 2 atom stereocenters. The Kier molecular flexibility index (Phi) is 3.62. The van der Waals surface area contributed by atoms with E-state index in [2.05, 4.69) is 5.32 Å². The molecule has 0 bridgehead atoms. The summed E-state index contributed by atoms with van der Waals surface area (Å²) in [6, 6.07) is 6.14. The molecule has 0 spiro atoms. The fourth-order valence-corrected chi connectivity index (χ4v) is 3.01. The highest BCUT2D eigenvalue weighted by Crippen LogP contribution is 2.44. The van der Waals surface area contributed by atoms with Gasteiger partial charge in [-0.1, -0.05) is 6.07 Å². The van der Waals surface area contributed by atoms with E-state index in [4.69, 9.17) is 0 Å². The lowest BCUT2D eigenvalue weighted by molar-refractivity contribution is -0.192. The number of hydrogen-bond donors (Lipinski definition) is 1. The number of halogens is 3. The maximum atomic E-state index is 13.5. The van der Waals surface area contributed by atoms with E-state index in [1.807, 2.05) is 11.4 Å². The highest BCUT2D eigenvalue weighted by Gasteiger charge is 2.55. The van der Waals surface area contributed by atoms with E-state index in [1.165, 1.54) is 18.3 Å². The third kappa shape index (κ3) is 2.25. The highest BCUT2D eigenvalue weighted by molar-refractivity contribution is 7.17. The van der Waals surface area contributed by atoms with Crippen LogP contribution in [0.25, 0.3) is 10.1 Å². The molecule has 2 aromatic rings. The van der Waals surface area contributed by atoms with Crippen molar-refractivity contribution in [2.24, 2.45) is 0 Å². The third-order valence-corrected chi connectivity index (χ3v) is 4.84. The molecule has 0 aliphatic rings. The second-order valence-corrected chi connectivity index (χ2v) is 5.83. The molecule has 104 valence electrons. The van der Waals surface area contributed by atoms with Crippen LogP contribution in [0, 0.1) is 0 Å². The van der Waals surface area contributed by atoms with E-state index >= 15 is 0 Å². The van der Waals surface area contributed by atoms with Gasteiger partial charge in [-0.15, -0.1) is 11.3 Å². The number of hydrogen-bond acceptors (Lipinski definition) is 2. The van der Waals surface area contributed by atoms with Gasteiger partial charge in [-0.25, -0.2) is 0 Å². The Morgan fingerprint density at radius 1 is 1.21 bits per heavy atom. The van der Waals surface area contributed by atoms with E-state index in [1.54, 1.807) is 32.2 Å². The van der Waals surface area contributed by atoms with Crippen molar-refractivity contribution in [2.75, 3.05) is 7.05 Å². The minimum Gasteiger partial charge on any atom is -0.316 e. The van der Waals surface area contributed by atoms with Crippen LogP contribution in [-0.2, 0) is 5.41 Å². The molecule has 5 heteroatoms. The standard InChI is InChI=1S/C14H16F3NS/c1-9(18-3)13(2,14(15,16)17)11-4-5-12-10(8-11)6-7-19-12/h4-9,18H,1-3H3. The summed E-state index contributed by atoms with van der Waals surface area (Å²) in [5, 5.41) is 5.49. The van der Waals surface area contributed by atoms with E-state index in [0.717, 1.165) is 10.1 Å². The van der Waals surface area contributed by atoms with Gasteiger partial charge in [0.05, 0.1) is 0 Å². The molecule has 1 aromatic carbocycles. The molecule has 0 saturated carbocycles. The SMILES string of the molecule is CNC(C)C(C)(c1ccc2sccc2c1)C(F)(F)F. The molecule has 1 heterocycles. The second kappa shape index (κ2) is 4.80. The lowest BCUT2D eigenvalue weighted by Gasteiger charge is -2.38. The monoisotopic (exact) mass is 287 g/mol. The molecule has 2 unspecified atom stereocenters. The predicted octanol–water partition coefficient (Wildman–Crippen LogP) is 4.33. The topological polar surface area (TPSA) is 12.0 Å². The molecule has 0 aliphatic heterocycles. The number of nitrogens with one attached hydrogen (secondary N) is 1. The summed E-state index contributed by atoms with van der Waals surface area (Å²) in [4.78, 5) is 0. The first-order valence-electron chi connectivity index (χ1n) is 6.02. The molecule has 19 heavy (non-hydrogen) atoms. The molecule has 0 radical (unpaired) electrons. The smallest absolute Gasteiger partial charge is 0.316 e. The molecule has 0 fully saturated rings. The van der Waals surface area contributed by atoms with Crippen molar-refractivity contribution in [3.63, 3.8) is 0 Å². The van der Waals surface area contributed by atoms with Crippen LogP contribution in [0.1, 0.15) is 19.4 Å². The maximum Gasteiger partial charge on any atom is 0.399 e. The fraction of sp³-hybridized carbons (Fsp3) is 0.429. The maximum absolute atomic E-state index is 13.5. The second-order valence-electron chi connectivity index (χ2n) is 4.88. The van der Waals surface area contributed by atoms with E-state index < -0.39 is 17.6 Å². The molecule has 2 rings (SSSR count). The Balaban J connectivity index is 2.60. The molecule has 1 N–H and O–H groups in total. The van der Waals surface area contributed by atoms with Crippen molar-refractivity contribution >= 4 is 21.4 Å². The lowest BCUT2D eigenvalue weighted by Crippen LogP contribution is -2.53. The average molecular weight is 287 g/mol. The van der Waals surface area contributed by atoms with Crippen LogP contribution in [0.15, 0.2) is 29.6 Å². The first-order chi connectivity index (χ1) is 8.80. The van der Waals surface area contributed by atoms with Crippen LogP contribution in [0.3, 0.4) is 0 Å². The summed E-state index contributed by atoms with van der Waals surface area (Å²) in [5.74, 6) is 0. The quantitative estimate of drug-likeness (QED) is 0.886. The normalized spacial score (nSPS) is 17.4. The van der Waals surface area contributed by atoms with Gasteiger partial charge in [-0.2, -0.15) is 13.2 Å². The number of fused-ring (bicyclic) bond motifs is 1. The van der Waals surface area contributed by atoms with Gasteiger partial charge in [-0.05, 0) is 55.4 Å². The van der Waals surface area contributed by atoms with Gasteiger partial charge in [-0.3, -0.25) is 0 Å². The highest BCUT2D eigenvalue weighted by atomic mass is 32.1. The zero-order valence-electron chi connectivity index (χ0n) is 11.0. The van der Waals surface area contributed by atoms with Crippen molar-refractivity contribution in [1.29, 1.82) is 0 Å². The first kappa shape index (κ1) is 14.3. The van der Waals surface area contributed by atoms with E-state index in [0.29, 0.717) is 5.56 Å². The minimum atomic E-state index is -4.31. The van der Waals surface area contributed by atoms with Crippen LogP contribution in [-0.4, -0.2) is 19.3 Å². The molecule has 0 aliphatic carbocycles. The van der Waals surface area contributed by atoms with Gasteiger partial charge < -0.3 is 5.32 Å². The van der Waals surface area contributed by atoms with E-state index in [-0.39, 0.29) is 0 Å². The number of rotatable bonds is 3. The van der Waals surface area contributed by atoms with Gasteiger partial charge in [0.1, 0.15) is 5.41 Å². The Morgan fingerprint density at radius 3 is 2.47 bits per heavy atom. The number of benzene rings is 1. The first-order valence-corrected chi connectivity index (χ1v) is 6.90. The molecule has 1 nitrogen and oxygen atoms in total. The average Bonchev–Trinajstić information content (AvgIpc) is 2.82. The molecule has 1 aromatic heterocycles. The summed E-state index contributed by atoms with van der Waals surface area (Å²) >= 11 is 1.53. The number of likely N-dealkylation sites (N-methyl/N-ethyl adjacent to an activating group) is 1. The Bertz CT molecular complexity index is 575. The van der Waals surface area contributed by atoms with Gasteiger partial charge in [0.15, 0.2) is 0 Å². The van der Waals surface area contributed by atoms with Crippen LogP contribution in [0.5, 0.6) is 0 Å². The number of alkyl halides is 3. The zero-order valence-corrected chi connectivity index (χ0v) is 11.8. The minimum absolute atomic E-state index is 0.299. The van der Waals surface area contributed by atoms with Gasteiger partial charge in [0.25, 0.3) is 0 Å². The number of thiophene rings is 1. The van der Waals surface area contributed by atoms with Crippen LogP contribution < -0.4 is 5.32 Å². The Morgan fingerprint density at radius 2 is 1.89 bits per heavy atom. The summed E-state index contributed by atoms with van der Waals surface area (Å²) < 4.78 is 41.6. The van der Waals surface area contributed by atoms with Crippen LogP contribution in [0.2, 0.25) is 0 Å². The van der Waals surface area contributed by atoms with Crippen molar-refractivity contribution in [1.82, 2.24) is 5.32 Å². The van der Waals surface area contributed by atoms with Gasteiger partial charge in [0, 0.05) is 10.7 Å². The summed E-state index contributed by atoms with van der Waals surface area (Å²) in [6.07, 6.45) is -4.31. The molecule has 0 saturated heterocycles. The molecular formula is C14H16F3NS. The zero-order chi connectivity index (χ0) is 14.3. The van der Waals surface area contributed by atoms with E-state index in [9.17, 15) is 13.2 Å². The van der Waals surface area contributed by atoms with Crippen molar-refractivity contribution in [3.05, 3.63) is 35.2 Å². The van der Waals surface area contributed by atoms with Crippen LogP contribution >= 0.6 is 11.3 Å². The Hall–Kier alpha value is -1.07. The van der Waals surface area contributed by atoms with Crippen molar-refractivity contribution in [2.45, 2.75) is 31.5 Å². The van der Waals surface area contributed by atoms with Crippen LogP contribution in [0.4, 0.5) is 13.2 Å². The lowest BCUT2D eigenvalue weighted by atomic mass is 9.75. The van der Waals surface area contributed by atoms with Gasteiger partial charge >= 0.3 is 6.18 Å². The largest absolute Gasteiger partial charge is 0.399 e. The summed E-state index contributed by atoms with van der Waals surface area (Å²) in [7, 11) is 1.55. The van der Waals surface area contributed by atoms with Crippen molar-refractivity contribution < 1.29 is 13.2 Å². The molecular weight excluding hydrogens is 271 g/mol. The summed E-state index contributed by atoms with van der Waals surface area (Å²) in [6.45, 7) is 2.81. The molecule has 0 amide bonds. The van der Waals surface area contributed by atoms with Gasteiger partial charge in [0.2, 0.25) is 0 Å². The Labute approximate surface area is 114 Å². The predicted molar refractivity (Wildman–Crippen MR) is 73.8 cm³/mol.